The third-order valence-corrected chi connectivity index (χ3v) is 7.37. The van der Waals surface area contributed by atoms with Gasteiger partial charge in [-0.15, -0.1) is 0 Å². The van der Waals surface area contributed by atoms with Crippen LogP contribution in [0.15, 0.2) is 36.5 Å². The Bertz CT molecular complexity index is 1140. The van der Waals surface area contributed by atoms with E-state index in [-0.39, 0.29) is 17.7 Å². The minimum Gasteiger partial charge on any atom is -0.381 e. The first-order valence-corrected chi connectivity index (χ1v) is 12.2. The van der Waals surface area contributed by atoms with Gasteiger partial charge in [0.2, 0.25) is 0 Å². The number of amides is 4. The summed E-state index contributed by atoms with van der Waals surface area (Å²) in [6.45, 7) is 7.86. The highest BCUT2D eigenvalue weighted by Gasteiger charge is 2.53. The van der Waals surface area contributed by atoms with Crippen molar-refractivity contribution < 1.29 is 19.1 Å². The molecule has 3 fully saturated rings. The van der Waals surface area contributed by atoms with Crippen LogP contribution in [0.3, 0.4) is 0 Å². The second kappa shape index (κ2) is 9.30. The van der Waals surface area contributed by atoms with Gasteiger partial charge in [-0.3, -0.25) is 14.9 Å². The zero-order chi connectivity index (χ0) is 24.6. The monoisotopic (exact) mass is 477 g/mol. The number of carbonyl (C=O) groups excluding carboxylic acids is 3. The maximum Gasteiger partial charge on any atom is 0.322 e. The molecule has 5 rings (SSSR count). The number of anilines is 1. The number of carbonyl (C=O) groups is 3. The molecule has 1 unspecified atom stereocenters. The largest absolute Gasteiger partial charge is 0.381 e. The van der Waals surface area contributed by atoms with Gasteiger partial charge < -0.3 is 19.9 Å². The number of imide groups is 1. The quantitative estimate of drug-likeness (QED) is 0.654. The van der Waals surface area contributed by atoms with Crippen LogP contribution in [0.4, 0.5) is 10.6 Å². The number of urea groups is 1. The Morgan fingerprint density at radius 1 is 1.06 bits per heavy atom. The van der Waals surface area contributed by atoms with E-state index in [2.05, 4.69) is 33.5 Å². The smallest absolute Gasteiger partial charge is 0.322 e. The van der Waals surface area contributed by atoms with Gasteiger partial charge in [-0.25, -0.2) is 9.78 Å². The second-order valence-corrected chi connectivity index (χ2v) is 9.61. The number of hydrogen-bond acceptors (Lipinski definition) is 6. The fourth-order valence-corrected chi connectivity index (χ4v) is 5.54. The van der Waals surface area contributed by atoms with Crippen molar-refractivity contribution >= 4 is 23.7 Å². The van der Waals surface area contributed by atoms with Crippen molar-refractivity contribution in [2.24, 2.45) is 5.92 Å². The molecule has 1 aromatic carbocycles. The van der Waals surface area contributed by atoms with E-state index < -0.39 is 11.6 Å². The van der Waals surface area contributed by atoms with Crippen LogP contribution in [0.2, 0.25) is 0 Å². The normalized spacial score (nSPS) is 23.3. The van der Waals surface area contributed by atoms with Crippen LogP contribution in [-0.2, 0) is 15.1 Å². The summed E-state index contributed by atoms with van der Waals surface area (Å²) in [5, 5.41) is 5.28. The number of rotatable bonds is 4. The zero-order valence-corrected chi connectivity index (χ0v) is 20.2. The van der Waals surface area contributed by atoms with Gasteiger partial charge in [-0.1, -0.05) is 18.2 Å². The standard InChI is InChI=1S/C26H31N5O4/c1-17-15-18(2)22(27-16-17)30-9-11-31(12-10-30)23(32)19-3-5-20(6-4-19)26(21-7-13-35-14-8-21)24(33)28-25(34)29-26/h3-6,15-16,21H,7-14H2,1-2H3,(H2,28,29,33,34). The highest BCUT2D eigenvalue weighted by atomic mass is 16.5. The van der Waals surface area contributed by atoms with Gasteiger partial charge in [-0.05, 0) is 61.4 Å². The molecule has 4 heterocycles. The number of nitrogens with one attached hydrogen (secondary N) is 2. The minimum atomic E-state index is -1.13. The van der Waals surface area contributed by atoms with E-state index in [1.54, 1.807) is 24.3 Å². The van der Waals surface area contributed by atoms with Crippen LogP contribution in [-0.4, -0.2) is 67.1 Å². The van der Waals surface area contributed by atoms with Gasteiger partial charge in [0.05, 0.1) is 0 Å². The van der Waals surface area contributed by atoms with E-state index in [1.165, 1.54) is 0 Å². The molecule has 35 heavy (non-hydrogen) atoms. The first kappa shape index (κ1) is 23.3. The molecule has 184 valence electrons. The van der Waals surface area contributed by atoms with Gasteiger partial charge >= 0.3 is 6.03 Å². The first-order chi connectivity index (χ1) is 16.9. The summed E-state index contributed by atoms with van der Waals surface area (Å²) >= 11 is 0. The van der Waals surface area contributed by atoms with E-state index in [4.69, 9.17) is 4.74 Å². The lowest BCUT2D eigenvalue weighted by Crippen LogP contribution is -2.51. The Morgan fingerprint density at radius 3 is 2.34 bits per heavy atom. The van der Waals surface area contributed by atoms with Crippen LogP contribution in [0.1, 0.15) is 39.9 Å². The average molecular weight is 478 g/mol. The van der Waals surface area contributed by atoms with Crippen LogP contribution in [0.5, 0.6) is 0 Å². The van der Waals surface area contributed by atoms with Crippen molar-refractivity contribution in [2.45, 2.75) is 32.2 Å². The SMILES string of the molecule is Cc1cnc(N2CCN(C(=O)c3ccc(C4(C5CCOCC5)NC(=O)NC4=O)cc3)CC2)c(C)c1. The molecule has 3 saturated heterocycles. The average Bonchev–Trinajstić information content (AvgIpc) is 3.19. The molecule has 0 radical (unpaired) electrons. The third kappa shape index (κ3) is 4.25. The third-order valence-electron chi connectivity index (χ3n) is 7.37. The lowest BCUT2D eigenvalue weighted by molar-refractivity contribution is -0.127. The van der Waals surface area contributed by atoms with Crippen LogP contribution in [0.25, 0.3) is 0 Å². The van der Waals surface area contributed by atoms with Crippen molar-refractivity contribution in [3.8, 4) is 0 Å². The van der Waals surface area contributed by atoms with Crippen molar-refractivity contribution in [1.29, 1.82) is 0 Å². The molecule has 1 aromatic heterocycles. The van der Waals surface area contributed by atoms with Crippen molar-refractivity contribution in [1.82, 2.24) is 20.5 Å². The maximum absolute atomic E-state index is 13.2. The molecule has 3 aliphatic heterocycles. The predicted molar refractivity (Wildman–Crippen MR) is 130 cm³/mol. The Morgan fingerprint density at radius 2 is 1.74 bits per heavy atom. The number of nitrogens with zero attached hydrogens (tertiary/aromatic N) is 3. The summed E-state index contributed by atoms with van der Waals surface area (Å²) in [6, 6.07) is 8.75. The fourth-order valence-electron chi connectivity index (χ4n) is 5.54. The van der Waals surface area contributed by atoms with E-state index in [0.29, 0.717) is 50.3 Å². The van der Waals surface area contributed by atoms with Crippen LogP contribution >= 0.6 is 0 Å². The number of ether oxygens (including phenoxy) is 1. The summed E-state index contributed by atoms with van der Waals surface area (Å²) < 4.78 is 5.47. The van der Waals surface area contributed by atoms with Crippen molar-refractivity contribution in [3.63, 3.8) is 0 Å². The molecule has 3 aliphatic rings. The van der Waals surface area contributed by atoms with E-state index in [1.807, 2.05) is 18.0 Å². The molecule has 9 nitrogen and oxygen atoms in total. The van der Waals surface area contributed by atoms with E-state index in [9.17, 15) is 14.4 Å². The number of benzene rings is 1. The number of aromatic nitrogens is 1. The molecule has 0 saturated carbocycles. The van der Waals surface area contributed by atoms with E-state index >= 15 is 0 Å². The molecule has 0 bridgehead atoms. The molecular weight excluding hydrogens is 446 g/mol. The van der Waals surface area contributed by atoms with Gasteiger partial charge in [-0.2, -0.15) is 0 Å². The summed E-state index contributed by atoms with van der Waals surface area (Å²) in [5.41, 5.74) is 2.40. The summed E-state index contributed by atoms with van der Waals surface area (Å²) in [5.74, 6) is 0.521. The highest BCUT2D eigenvalue weighted by molar-refractivity contribution is 6.07. The number of aryl methyl sites for hydroxylation is 2. The second-order valence-electron chi connectivity index (χ2n) is 9.61. The van der Waals surface area contributed by atoms with Crippen LogP contribution < -0.4 is 15.5 Å². The predicted octanol–water partition coefficient (Wildman–Crippen LogP) is 2.12. The van der Waals surface area contributed by atoms with Crippen LogP contribution in [0, 0.1) is 19.8 Å². The Hall–Kier alpha value is -3.46. The van der Waals surface area contributed by atoms with Gasteiger partial charge in [0.15, 0.2) is 0 Å². The molecule has 4 amide bonds. The van der Waals surface area contributed by atoms with Crippen molar-refractivity contribution in [2.75, 3.05) is 44.3 Å². The van der Waals surface area contributed by atoms with Gasteiger partial charge in [0.1, 0.15) is 11.4 Å². The number of pyridine rings is 1. The lowest BCUT2D eigenvalue weighted by Gasteiger charge is -2.38. The molecule has 0 aliphatic carbocycles. The highest BCUT2D eigenvalue weighted by Crippen LogP contribution is 2.38. The topological polar surface area (TPSA) is 104 Å². The molecular formula is C26H31N5O4. The molecule has 0 spiro atoms. The Kier molecular flexibility index (Phi) is 6.19. The van der Waals surface area contributed by atoms with Gasteiger partial charge in [0, 0.05) is 51.2 Å². The first-order valence-electron chi connectivity index (χ1n) is 12.2. The number of hydrogen-bond donors (Lipinski definition) is 2. The zero-order valence-electron chi connectivity index (χ0n) is 20.2. The molecule has 1 atom stereocenters. The van der Waals surface area contributed by atoms with Gasteiger partial charge in [0.25, 0.3) is 11.8 Å². The maximum atomic E-state index is 13.2. The minimum absolute atomic E-state index is 0.0372. The number of piperazine rings is 1. The van der Waals surface area contributed by atoms with E-state index in [0.717, 1.165) is 30.0 Å². The molecule has 9 heteroatoms. The Balaban J connectivity index is 1.30. The Labute approximate surface area is 204 Å². The lowest BCUT2D eigenvalue weighted by atomic mass is 9.74. The fraction of sp³-hybridized carbons (Fsp3) is 0.462. The molecule has 2 aromatic rings. The summed E-state index contributed by atoms with van der Waals surface area (Å²) in [4.78, 5) is 46.9. The summed E-state index contributed by atoms with van der Waals surface area (Å²) in [7, 11) is 0. The van der Waals surface area contributed by atoms with Crippen molar-refractivity contribution in [3.05, 3.63) is 58.8 Å². The molecule has 2 N–H and O–H groups in total. The summed E-state index contributed by atoms with van der Waals surface area (Å²) in [6.07, 6.45) is 3.23.